The first-order valence-electron chi connectivity index (χ1n) is 6.39. The van der Waals surface area contributed by atoms with Crippen LogP contribution in [0.2, 0.25) is 0 Å². The summed E-state index contributed by atoms with van der Waals surface area (Å²) in [5.74, 6) is 0.795. The van der Waals surface area contributed by atoms with Crippen molar-refractivity contribution in [3.63, 3.8) is 0 Å². The van der Waals surface area contributed by atoms with Gasteiger partial charge in [-0.25, -0.2) is 18.4 Å². The lowest BCUT2D eigenvalue weighted by molar-refractivity contribution is 0.179. The van der Waals surface area contributed by atoms with Crippen molar-refractivity contribution in [2.75, 3.05) is 32.4 Å². The maximum Gasteiger partial charge on any atom is 0.211 e. The summed E-state index contributed by atoms with van der Waals surface area (Å²) in [5.41, 5.74) is 0.981. The second-order valence-electron chi connectivity index (χ2n) is 4.89. The number of thiophene rings is 1. The molecule has 0 radical (unpaired) electrons. The Labute approximate surface area is 122 Å². The summed E-state index contributed by atoms with van der Waals surface area (Å²) in [6, 6.07) is 1.99. The lowest BCUT2D eigenvalue weighted by Crippen LogP contribution is -2.47. The Morgan fingerprint density at radius 1 is 1.30 bits per heavy atom. The third-order valence-electron chi connectivity index (χ3n) is 3.42. The highest BCUT2D eigenvalue weighted by molar-refractivity contribution is 7.88. The smallest absolute Gasteiger partial charge is 0.211 e. The average molecular weight is 312 g/mol. The molecule has 1 aliphatic rings. The first-order valence-corrected chi connectivity index (χ1v) is 9.12. The Bertz CT molecular complexity index is 705. The van der Waals surface area contributed by atoms with Gasteiger partial charge in [0.15, 0.2) is 0 Å². The first kappa shape index (κ1) is 13.9. The maximum atomic E-state index is 11.5. The molecule has 1 aliphatic heterocycles. The van der Waals surface area contributed by atoms with Crippen molar-refractivity contribution in [2.45, 2.75) is 6.54 Å². The molecule has 2 aromatic heterocycles. The number of fused-ring (bicyclic) bond motifs is 1. The molecular formula is C12H16N4O2S2. The van der Waals surface area contributed by atoms with Crippen molar-refractivity contribution in [1.82, 2.24) is 19.2 Å². The van der Waals surface area contributed by atoms with E-state index in [0.717, 1.165) is 29.1 Å². The fourth-order valence-corrected chi connectivity index (χ4v) is 3.82. The molecule has 3 rings (SSSR count). The number of aromatic nitrogens is 2. The van der Waals surface area contributed by atoms with Crippen molar-refractivity contribution < 1.29 is 8.42 Å². The molecule has 0 saturated carbocycles. The van der Waals surface area contributed by atoms with E-state index in [1.807, 2.05) is 17.6 Å². The van der Waals surface area contributed by atoms with Gasteiger partial charge in [0, 0.05) is 32.4 Å². The van der Waals surface area contributed by atoms with Crippen LogP contribution in [0.1, 0.15) is 5.82 Å². The van der Waals surface area contributed by atoms with Crippen LogP contribution >= 0.6 is 11.3 Å². The topological polar surface area (TPSA) is 66.4 Å². The number of hydrogen-bond acceptors (Lipinski definition) is 6. The Hall–Kier alpha value is -1.09. The molecular weight excluding hydrogens is 296 g/mol. The van der Waals surface area contributed by atoms with Gasteiger partial charge in [0.1, 0.15) is 5.82 Å². The first-order chi connectivity index (χ1) is 9.52. The van der Waals surface area contributed by atoms with E-state index in [1.165, 1.54) is 10.6 Å². The Kier molecular flexibility index (Phi) is 3.72. The molecule has 0 N–H and O–H groups in total. The molecule has 0 aliphatic carbocycles. The Morgan fingerprint density at radius 2 is 2.05 bits per heavy atom. The van der Waals surface area contributed by atoms with Gasteiger partial charge in [-0.3, -0.25) is 4.90 Å². The number of piperazine rings is 1. The minimum atomic E-state index is -3.07. The molecule has 0 aromatic carbocycles. The zero-order chi connectivity index (χ0) is 14.2. The van der Waals surface area contributed by atoms with E-state index in [2.05, 4.69) is 14.9 Å². The number of nitrogens with zero attached hydrogens (tertiary/aromatic N) is 4. The van der Waals surface area contributed by atoms with Crippen LogP contribution in [0.3, 0.4) is 0 Å². The van der Waals surface area contributed by atoms with E-state index < -0.39 is 10.0 Å². The summed E-state index contributed by atoms with van der Waals surface area (Å²) in [4.78, 5) is 11.1. The highest BCUT2D eigenvalue weighted by Gasteiger charge is 2.23. The number of rotatable bonds is 3. The second kappa shape index (κ2) is 5.36. The van der Waals surface area contributed by atoms with Crippen molar-refractivity contribution in [1.29, 1.82) is 0 Å². The third-order valence-corrected chi connectivity index (χ3v) is 5.56. The molecule has 0 bridgehead atoms. The van der Waals surface area contributed by atoms with E-state index in [4.69, 9.17) is 0 Å². The van der Waals surface area contributed by atoms with E-state index in [-0.39, 0.29) is 0 Å². The van der Waals surface area contributed by atoms with Crippen LogP contribution in [-0.4, -0.2) is 60.0 Å². The lowest BCUT2D eigenvalue weighted by Gasteiger charge is -2.32. The van der Waals surface area contributed by atoms with Gasteiger partial charge in [0.25, 0.3) is 0 Å². The highest BCUT2D eigenvalue weighted by atomic mass is 32.2. The number of sulfonamides is 1. The molecule has 108 valence electrons. The molecule has 0 amide bonds. The molecule has 0 spiro atoms. The minimum Gasteiger partial charge on any atom is -0.293 e. The quantitative estimate of drug-likeness (QED) is 0.837. The SMILES string of the molecule is CS(=O)(=O)N1CCN(Cc2ncc3sccc3n2)CC1. The van der Waals surface area contributed by atoms with Crippen LogP contribution in [0.5, 0.6) is 0 Å². The monoisotopic (exact) mass is 312 g/mol. The molecule has 1 fully saturated rings. The zero-order valence-electron chi connectivity index (χ0n) is 11.2. The minimum absolute atomic E-state index is 0.541. The van der Waals surface area contributed by atoms with Crippen LogP contribution < -0.4 is 0 Å². The zero-order valence-corrected chi connectivity index (χ0v) is 12.8. The summed E-state index contributed by atoms with van der Waals surface area (Å²) in [5, 5.41) is 2.01. The van der Waals surface area contributed by atoms with Crippen LogP contribution in [0.15, 0.2) is 17.6 Å². The maximum absolute atomic E-state index is 11.5. The van der Waals surface area contributed by atoms with Crippen molar-refractivity contribution in [2.24, 2.45) is 0 Å². The van der Waals surface area contributed by atoms with Gasteiger partial charge < -0.3 is 0 Å². The van der Waals surface area contributed by atoms with Crippen molar-refractivity contribution in [3.05, 3.63) is 23.5 Å². The van der Waals surface area contributed by atoms with E-state index >= 15 is 0 Å². The van der Waals surface area contributed by atoms with Crippen molar-refractivity contribution in [3.8, 4) is 0 Å². The molecule has 8 heteroatoms. The third kappa shape index (κ3) is 2.98. The predicted molar refractivity (Wildman–Crippen MR) is 79.1 cm³/mol. The van der Waals surface area contributed by atoms with Crippen molar-refractivity contribution >= 4 is 31.6 Å². The molecule has 3 heterocycles. The molecule has 0 atom stereocenters. The molecule has 0 unspecified atom stereocenters. The van der Waals surface area contributed by atoms with Crippen LogP contribution in [0.4, 0.5) is 0 Å². The normalized spacial score (nSPS) is 18.6. The largest absolute Gasteiger partial charge is 0.293 e. The Morgan fingerprint density at radius 3 is 2.75 bits per heavy atom. The second-order valence-corrected chi connectivity index (χ2v) is 7.82. The van der Waals surface area contributed by atoms with Gasteiger partial charge >= 0.3 is 0 Å². The number of hydrogen-bond donors (Lipinski definition) is 0. The van der Waals surface area contributed by atoms with Crippen LogP contribution in [0, 0.1) is 0 Å². The lowest BCUT2D eigenvalue weighted by atomic mass is 10.3. The van der Waals surface area contributed by atoms with E-state index in [0.29, 0.717) is 19.6 Å². The van der Waals surface area contributed by atoms with E-state index in [9.17, 15) is 8.42 Å². The van der Waals surface area contributed by atoms with E-state index in [1.54, 1.807) is 11.3 Å². The van der Waals surface area contributed by atoms with Gasteiger partial charge in [0.2, 0.25) is 10.0 Å². The summed E-state index contributed by atoms with van der Waals surface area (Å²) >= 11 is 1.63. The van der Waals surface area contributed by atoms with Gasteiger partial charge in [-0.05, 0) is 11.4 Å². The Balaban J connectivity index is 1.64. The fraction of sp³-hybridized carbons (Fsp3) is 0.500. The summed E-state index contributed by atoms with van der Waals surface area (Å²) in [6.07, 6.45) is 3.12. The molecule has 1 saturated heterocycles. The van der Waals surface area contributed by atoms with Gasteiger partial charge in [-0.15, -0.1) is 11.3 Å². The van der Waals surface area contributed by atoms with Gasteiger partial charge in [-0.2, -0.15) is 4.31 Å². The highest BCUT2D eigenvalue weighted by Crippen LogP contribution is 2.18. The summed E-state index contributed by atoms with van der Waals surface area (Å²) in [7, 11) is -3.07. The predicted octanol–water partition coefficient (Wildman–Crippen LogP) is 0.768. The van der Waals surface area contributed by atoms with Crippen LogP contribution in [0.25, 0.3) is 10.2 Å². The average Bonchev–Trinajstić information content (AvgIpc) is 2.86. The summed E-state index contributed by atoms with van der Waals surface area (Å²) in [6.45, 7) is 3.19. The standard InChI is InChI=1S/C12H16N4O2S2/c1-20(17,18)16-5-3-15(4-6-16)9-12-13-8-11-10(14-12)2-7-19-11/h2,7-8H,3-6,9H2,1H3. The molecule has 2 aromatic rings. The molecule has 20 heavy (non-hydrogen) atoms. The van der Waals surface area contributed by atoms with Gasteiger partial charge in [-0.1, -0.05) is 0 Å². The summed E-state index contributed by atoms with van der Waals surface area (Å²) < 4.78 is 25.5. The van der Waals surface area contributed by atoms with Crippen LogP contribution in [-0.2, 0) is 16.6 Å². The molecule has 6 nitrogen and oxygen atoms in total. The fourth-order valence-electron chi connectivity index (χ4n) is 2.30. The van der Waals surface area contributed by atoms with Gasteiger partial charge in [0.05, 0.1) is 23.0 Å².